The fourth-order valence-electron chi connectivity index (χ4n) is 2.52. The summed E-state index contributed by atoms with van der Waals surface area (Å²) in [7, 11) is 0. The Morgan fingerprint density at radius 2 is 1.62 bits per heavy atom. The topological polar surface area (TPSA) is 78.1 Å². The van der Waals surface area contributed by atoms with E-state index in [1.165, 1.54) is 11.3 Å². The summed E-state index contributed by atoms with van der Waals surface area (Å²) < 4.78 is 10.9. The van der Waals surface area contributed by atoms with Crippen molar-refractivity contribution < 1.29 is 13.9 Å². The maximum absolute atomic E-state index is 12.5. The van der Waals surface area contributed by atoms with Gasteiger partial charge < -0.3 is 9.15 Å². The van der Waals surface area contributed by atoms with Gasteiger partial charge in [-0.25, -0.2) is 9.78 Å². The van der Waals surface area contributed by atoms with E-state index in [0.717, 1.165) is 11.1 Å². The van der Waals surface area contributed by atoms with E-state index >= 15 is 0 Å². The van der Waals surface area contributed by atoms with Crippen molar-refractivity contribution in [1.82, 2.24) is 15.2 Å². The highest BCUT2D eigenvalue weighted by Crippen LogP contribution is 2.29. The van der Waals surface area contributed by atoms with Crippen molar-refractivity contribution >= 4 is 40.5 Å². The Hall–Kier alpha value is -2.74. The van der Waals surface area contributed by atoms with E-state index in [1.807, 2.05) is 12.1 Å². The molecule has 0 radical (unpaired) electrons. The van der Waals surface area contributed by atoms with Crippen LogP contribution in [0.2, 0.25) is 10.0 Å². The Kier molecular flexibility index (Phi) is 5.62. The lowest BCUT2D eigenvalue weighted by molar-refractivity contribution is 0.0443. The molecule has 0 unspecified atom stereocenters. The maximum atomic E-state index is 12.5. The van der Waals surface area contributed by atoms with E-state index in [0.29, 0.717) is 31.5 Å². The molecular formula is C20H13Cl2N3O3S. The van der Waals surface area contributed by atoms with Crippen LogP contribution < -0.4 is 0 Å². The van der Waals surface area contributed by atoms with Gasteiger partial charge in [-0.2, -0.15) is 0 Å². The van der Waals surface area contributed by atoms with Crippen LogP contribution in [-0.2, 0) is 11.3 Å². The van der Waals surface area contributed by atoms with Gasteiger partial charge in [0.05, 0.1) is 5.69 Å². The third-order valence-electron chi connectivity index (χ3n) is 3.96. The number of nitrogens with zero attached hydrogens (tertiary/aromatic N) is 3. The third kappa shape index (κ3) is 4.48. The summed E-state index contributed by atoms with van der Waals surface area (Å²) in [6.07, 6.45) is 0. The minimum absolute atomic E-state index is 0.132. The number of carbonyl (C=O) groups is 1. The van der Waals surface area contributed by atoms with Crippen molar-refractivity contribution in [2.45, 2.75) is 13.5 Å². The largest absolute Gasteiger partial charge is 0.451 e. The van der Waals surface area contributed by atoms with Crippen molar-refractivity contribution in [1.29, 1.82) is 0 Å². The minimum Gasteiger partial charge on any atom is -0.451 e. The zero-order valence-corrected chi connectivity index (χ0v) is 17.4. The van der Waals surface area contributed by atoms with Gasteiger partial charge >= 0.3 is 5.97 Å². The van der Waals surface area contributed by atoms with E-state index in [9.17, 15) is 4.79 Å². The molecule has 0 atom stereocenters. The summed E-state index contributed by atoms with van der Waals surface area (Å²) in [4.78, 5) is 17.3. The summed E-state index contributed by atoms with van der Waals surface area (Å²) in [6, 6.07) is 14.3. The molecule has 6 nitrogen and oxygen atoms in total. The molecule has 0 N–H and O–H groups in total. The second-order valence-corrected chi connectivity index (χ2v) is 7.90. The molecule has 2 heterocycles. The van der Waals surface area contributed by atoms with Gasteiger partial charge in [-0.15, -0.1) is 21.5 Å². The first kappa shape index (κ1) is 19.6. The van der Waals surface area contributed by atoms with E-state index in [2.05, 4.69) is 15.2 Å². The van der Waals surface area contributed by atoms with E-state index in [-0.39, 0.29) is 12.5 Å². The number of carbonyl (C=O) groups excluding carboxylic acids is 1. The lowest BCUT2D eigenvalue weighted by atomic mass is 10.2. The number of aryl methyl sites for hydroxylation is 1. The molecule has 0 aliphatic carbocycles. The zero-order valence-electron chi connectivity index (χ0n) is 15.1. The monoisotopic (exact) mass is 445 g/mol. The molecule has 0 bridgehead atoms. The van der Waals surface area contributed by atoms with Crippen molar-refractivity contribution in [2.24, 2.45) is 0 Å². The van der Waals surface area contributed by atoms with E-state index in [4.69, 9.17) is 32.4 Å². The standard InChI is InChI=1S/C20H13Cl2N3O3S/c1-11-17(29-19(23-11)13-4-8-15(22)9-5-13)20(26)27-10-16-24-25-18(28-16)12-2-6-14(21)7-3-12/h2-9H,10H2,1H3. The highest BCUT2D eigenvalue weighted by atomic mass is 35.5. The summed E-state index contributed by atoms with van der Waals surface area (Å²) in [5.74, 6) is 0.0292. The summed E-state index contributed by atoms with van der Waals surface area (Å²) >= 11 is 13.0. The molecule has 29 heavy (non-hydrogen) atoms. The molecule has 4 aromatic rings. The number of esters is 1. The van der Waals surface area contributed by atoms with Gasteiger partial charge in [0.2, 0.25) is 5.89 Å². The molecule has 0 spiro atoms. The van der Waals surface area contributed by atoms with Crippen LogP contribution in [0.25, 0.3) is 22.0 Å². The third-order valence-corrected chi connectivity index (χ3v) is 5.65. The number of benzene rings is 2. The van der Waals surface area contributed by atoms with Crippen LogP contribution in [0.3, 0.4) is 0 Å². The van der Waals surface area contributed by atoms with Crippen LogP contribution in [0.4, 0.5) is 0 Å². The van der Waals surface area contributed by atoms with Gasteiger partial charge in [0.15, 0.2) is 6.61 Å². The predicted octanol–water partition coefficient (Wildman–Crippen LogP) is 5.83. The quantitative estimate of drug-likeness (QED) is 0.359. The highest BCUT2D eigenvalue weighted by molar-refractivity contribution is 7.17. The SMILES string of the molecule is Cc1nc(-c2ccc(Cl)cc2)sc1C(=O)OCc1nnc(-c2ccc(Cl)cc2)o1. The summed E-state index contributed by atoms with van der Waals surface area (Å²) in [6.45, 7) is 1.63. The number of ether oxygens (including phenoxy) is 1. The Morgan fingerprint density at radius 3 is 2.28 bits per heavy atom. The Bertz CT molecular complexity index is 1150. The molecule has 9 heteroatoms. The maximum Gasteiger partial charge on any atom is 0.350 e. The van der Waals surface area contributed by atoms with Crippen molar-refractivity contribution in [2.75, 3.05) is 0 Å². The average Bonchev–Trinajstić information content (AvgIpc) is 3.34. The molecule has 0 saturated carbocycles. The van der Waals surface area contributed by atoms with Gasteiger partial charge in [0.25, 0.3) is 5.89 Å². The number of aromatic nitrogens is 3. The molecular weight excluding hydrogens is 433 g/mol. The van der Waals surface area contributed by atoms with Gasteiger partial charge in [-0.05, 0) is 43.3 Å². The van der Waals surface area contributed by atoms with Crippen LogP contribution in [0.5, 0.6) is 0 Å². The molecule has 2 aromatic heterocycles. The van der Waals surface area contributed by atoms with Crippen molar-refractivity contribution in [3.63, 3.8) is 0 Å². The van der Waals surface area contributed by atoms with E-state index < -0.39 is 5.97 Å². The van der Waals surface area contributed by atoms with Crippen molar-refractivity contribution in [3.8, 4) is 22.0 Å². The lowest BCUT2D eigenvalue weighted by Gasteiger charge is -2.00. The summed E-state index contributed by atoms with van der Waals surface area (Å²) in [5, 5.41) is 9.84. The second-order valence-electron chi connectivity index (χ2n) is 6.02. The Morgan fingerprint density at radius 1 is 1.00 bits per heavy atom. The van der Waals surface area contributed by atoms with Crippen LogP contribution in [0, 0.1) is 6.92 Å². The smallest absolute Gasteiger partial charge is 0.350 e. The average molecular weight is 446 g/mol. The fourth-order valence-corrected chi connectivity index (χ4v) is 3.73. The van der Waals surface area contributed by atoms with Gasteiger partial charge in [-0.3, -0.25) is 0 Å². The molecule has 146 valence electrons. The Labute approximate surface area is 180 Å². The molecule has 0 fully saturated rings. The fraction of sp³-hybridized carbons (Fsp3) is 0.100. The minimum atomic E-state index is -0.494. The van der Waals surface area contributed by atoms with Gasteiger partial charge in [-0.1, -0.05) is 35.3 Å². The summed E-state index contributed by atoms with van der Waals surface area (Å²) in [5.41, 5.74) is 2.20. The number of thiazole rings is 1. The molecule has 0 aliphatic heterocycles. The zero-order chi connectivity index (χ0) is 20.4. The Balaban J connectivity index is 1.44. The first-order valence-corrected chi connectivity index (χ1v) is 10.1. The van der Waals surface area contributed by atoms with E-state index in [1.54, 1.807) is 43.3 Å². The first-order chi connectivity index (χ1) is 14.0. The van der Waals surface area contributed by atoms with Gasteiger partial charge in [0, 0.05) is 21.2 Å². The lowest BCUT2D eigenvalue weighted by Crippen LogP contribution is -2.05. The number of halogens is 2. The molecule has 0 aliphatic rings. The number of rotatable bonds is 5. The molecule has 0 amide bonds. The van der Waals surface area contributed by atoms with Crippen LogP contribution >= 0.6 is 34.5 Å². The predicted molar refractivity (Wildman–Crippen MR) is 111 cm³/mol. The second kappa shape index (κ2) is 8.32. The molecule has 0 saturated heterocycles. The number of hydrogen-bond donors (Lipinski definition) is 0. The van der Waals surface area contributed by atoms with Crippen LogP contribution in [-0.4, -0.2) is 21.2 Å². The first-order valence-electron chi connectivity index (χ1n) is 8.48. The number of hydrogen-bond acceptors (Lipinski definition) is 7. The molecule has 2 aromatic carbocycles. The van der Waals surface area contributed by atoms with Crippen LogP contribution in [0.15, 0.2) is 52.9 Å². The molecule has 4 rings (SSSR count). The van der Waals surface area contributed by atoms with Crippen molar-refractivity contribution in [3.05, 3.63) is 75.0 Å². The van der Waals surface area contributed by atoms with Crippen LogP contribution in [0.1, 0.15) is 21.3 Å². The van der Waals surface area contributed by atoms with Gasteiger partial charge in [0.1, 0.15) is 9.88 Å². The normalized spacial score (nSPS) is 10.9. The highest BCUT2D eigenvalue weighted by Gasteiger charge is 2.19.